The van der Waals surface area contributed by atoms with Crippen LogP contribution >= 0.6 is 0 Å². The Hall–Kier alpha value is -3.86. The van der Waals surface area contributed by atoms with Crippen LogP contribution in [-0.2, 0) is 13.0 Å². The Morgan fingerprint density at radius 3 is 2.87 bits per heavy atom. The molecule has 7 nitrogen and oxygen atoms in total. The first-order valence-corrected chi connectivity index (χ1v) is 10.1. The van der Waals surface area contributed by atoms with Crippen LogP contribution in [0.5, 0.6) is 11.6 Å². The summed E-state index contributed by atoms with van der Waals surface area (Å²) in [5, 5.41) is 16.4. The van der Waals surface area contributed by atoms with Gasteiger partial charge in [-0.3, -0.25) is 4.79 Å². The number of carbonyl (C=O) groups is 1. The number of hydrogen-bond acceptors (Lipinski definition) is 5. The molecule has 5 rings (SSSR count). The number of hydrogen-bond donors (Lipinski definition) is 1. The smallest absolute Gasteiger partial charge is 0.272 e. The van der Waals surface area contributed by atoms with E-state index >= 15 is 0 Å². The van der Waals surface area contributed by atoms with Crippen LogP contribution in [0.3, 0.4) is 0 Å². The Bertz CT molecular complexity index is 1180. The number of fused-ring (bicyclic) bond motifs is 2. The predicted octanol–water partition coefficient (Wildman–Crippen LogP) is 3.15. The van der Waals surface area contributed by atoms with Crippen molar-refractivity contribution in [1.29, 1.82) is 5.26 Å². The number of carbonyl (C=O) groups excluding carboxylic acids is 1. The van der Waals surface area contributed by atoms with E-state index in [0.717, 1.165) is 16.9 Å². The third kappa shape index (κ3) is 3.82. The highest BCUT2D eigenvalue weighted by molar-refractivity contribution is 5.92. The SMILES string of the molecule is N#Cc1ccc2c(c1)C[C@@H](NC(=O)c1cc3n(n1)CCC(c1ccc(F)cc1)O3)CO2. The minimum Gasteiger partial charge on any atom is -0.491 e. The van der Waals surface area contributed by atoms with E-state index in [9.17, 15) is 9.18 Å². The molecule has 0 saturated carbocycles. The van der Waals surface area contributed by atoms with Gasteiger partial charge in [0.1, 0.15) is 24.3 Å². The molecule has 0 aliphatic carbocycles. The van der Waals surface area contributed by atoms with Gasteiger partial charge in [0, 0.05) is 19.0 Å². The summed E-state index contributed by atoms with van der Waals surface area (Å²) >= 11 is 0. The van der Waals surface area contributed by atoms with Gasteiger partial charge in [-0.15, -0.1) is 0 Å². The van der Waals surface area contributed by atoms with Crippen LogP contribution in [-0.4, -0.2) is 28.3 Å². The lowest BCUT2D eigenvalue weighted by Crippen LogP contribution is -2.42. The van der Waals surface area contributed by atoms with Crippen LogP contribution in [0.1, 0.15) is 39.7 Å². The fourth-order valence-corrected chi connectivity index (χ4v) is 3.94. The molecule has 1 amide bonds. The molecule has 2 aliphatic rings. The van der Waals surface area contributed by atoms with Crippen molar-refractivity contribution in [1.82, 2.24) is 15.1 Å². The molecule has 0 bridgehead atoms. The Morgan fingerprint density at radius 2 is 2.06 bits per heavy atom. The Labute approximate surface area is 178 Å². The van der Waals surface area contributed by atoms with E-state index in [4.69, 9.17) is 14.7 Å². The second-order valence-corrected chi connectivity index (χ2v) is 7.66. The average Bonchev–Trinajstić information content (AvgIpc) is 3.23. The lowest BCUT2D eigenvalue weighted by atomic mass is 10.0. The van der Waals surface area contributed by atoms with E-state index in [0.29, 0.717) is 37.4 Å². The third-order valence-corrected chi connectivity index (χ3v) is 5.51. The summed E-state index contributed by atoms with van der Waals surface area (Å²) in [7, 11) is 0. The van der Waals surface area contributed by atoms with E-state index in [-0.39, 0.29) is 29.6 Å². The fraction of sp³-hybridized carbons (Fsp3) is 0.261. The van der Waals surface area contributed by atoms with Gasteiger partial charge in [0.25, 0.3) is 5.91 Å². The number of amides is 1. The summed E-state index contributed by atoms with van der Waals surface area (Å²) in [6.07, 6.45) is 1.04. The zero-order valence-corrected chi connectivity index (χ0v) is 16.5. The first-order valence-electron chi connectivity index (χ1n) is 10.1. The Kier molecular flexibility index (Phi) is 4.79. The Balaban J connectivity index is 1.26. The lowest BCUT2D eigenvalue weighted by molar-refractivity contribution is 0.0909. The van der Waals surface area contributed by atoms with Gasteiger partial charge >= 0.3 is 0 Å². The second kappa shape index (κ2) is 7.76. The zero-order valence-electron chi connectivity index (χ0n) is 16.5. The van der Waals surface area contributed by atoms with Crippen molar-refractivity contribution >= 4 is 5.91 Å². The molecule has 2 atom stereocenters. The lowest BCUT2D eigenvalue weighted by Gasteiger charge is -2.25. The number of rotatable bonds is 3. The van der Waals surface area contributed by atoms with Crippen LogP contribution in [0, 0.1) is 17.1 Å². The number of nitrogens with zero attached hydrogens (tertiary/aromatic N) is 3. The molecule has 2 aromatic carbocycles. The molecule has 1 unspecified atom stereocenters. The van der Waals surface area contributed by atoms with Gasteiger partial charge in [0.2, 0.25) is 5.88 Å². The van der Waals surface area contributed by atoms with Crippen molar-refractivity contribution < 1.29 is 18.7 Å². The van der Waals surface area contributed by atoms with E-state index < -0.39 is 0 Å². The minimum absolute atomic E-state index is 0.210. The van der Waals surface area contributed by atoms with Crippen LogP contribution < -0.4 is 14.8 Å². The molecule has 1 N–H and O–H groups in total. The number of halogens is 1. The van der Waals surface area contributed by atoms with Gasteiger partial charge in [-0.2, -0.15) is 10.4 Å². The first kappa shape index (κ1) is 19.1. The summed E-state index contributed by atoms with van der Waals surface area (Å²) in [6, 6.07) is 15.0. The van der Waals surface area contributed by atoms with Crippen LogP contribution in [0.25, 0.3) is 0 Å². The summed E-state index contributed by atoms with van der Waals surface area (Å²) < 4.78 is 26.6. The van der Waals surface area contributed by atoms with E-state index in [1.165, 1.54) is 12.1 Å². The van der Waals surface area contributed by atoms with Gasteiger partial charge < -0.3 is 14.8 Å². The maximum atomic E-state index is 13.2. The van der Waals surface area contributed by atoms with Gasteiger partial charge in [-0.1, -0.05) is 12.1 Å². The number of nitrogens with one attached hydrogen (secondary N) is 1. The summed E-state index contributed by atoms with van der Waals surface area (Å²) in [4.78, 5) is 12.8. The maximum absolute atomic E-state index is 13.2. The largest absolute Gasteiger partial charge is 0.491 e. The zero-order chi connectivity index (χ0) is 21.4. The highest BCUT2D eigenvalue weighted by Crippen LogP contribution is 2.31. The molecule has 8 heteroatoms. The molecule has 0 saturated heterocycles. The molecular weight excluding hydrogens is 399 g/mol. The predicted molar refractivity (Wildman–Crippen MR) is 108 cm³/mol. The van der Waals surface area contributed by atoms with Crippen molar-refractivity contribution in [3.63, 3.8) is 0 Å². The van der Waals surface area contributed by atoms with Crippen molar-refractivity contribution in [2.24, 2.45) is 0 Å². The average molecular weight is 418 g/mol. The van der Waals surface area contributed by atoms with Crippen molar-refractivity contribution in [2.45, 2.75) is 31.5 Å². The van der Waals surface area contributed by atoms with Gasteiger partial charge in [-0.25, -0.2) is 9.07 Å². The molecule has 1 aromatic heterocycles. The molecule has 3 heterocycles. The molecule has 3 aromatic rings. The minimum atomic E-state index is -0.308. The standard InChI is InChI=1S/C23H19FN4O3/c24-17-4-2-15(3-5-17)21-7-8-28-22(31-21)11-19(27-28)23(29)26-18-10-16-9-14(12-25)1-6-20(16)30-13-18/h1-6,9,11,18,21H,7-8,10,13H2,(H,26,29)/t18-,21?/m1/s1. The van der Waals surface area contributed by atoms with Crippen molar-refractivity contribution in [3.8, 4) is 17.7 Å². The molecular formula is C23H19FN4O3. The number of nitriles is 1. The fourth-order valence-electron chi connectivity index (χ4n) is 3.94. The van der Waals surface area contributed by atoms with E-state index in [1.54, 1.807) is 41.1 Å². The van der Waals surface area contributed by atoms with Crippen molar-refractivity contribution in [3.05, 3.63) is 76.7 Å². The summed E-state index contributed by atoms with van der Waals surface area (Å²) in [6.45, 7) is 0.947. The van der Waals surface area contributed by atoms with E-state index in [2.05, 4.69) is 16.5 Å². The topological polar surface area (TPSA) is 89.2 Å². The van der Waals surface area contributed by atoms with Gasteiger partial charge in [-0.05, 0) is 47.9 Å². The van der Waals surface area contributed by atoms with Crippen LogP contribution in [0.15, 0.2) is 48.5 Å². The van der Waals surface area contributed by atoms with Crippen LogP contribution in [0.2, 0.25) is 0 Å². The maximum Gasteiger partial charge on any atom is 0.272 e. The third-order valence-electron chi connectivity index (χ3n) is 5.51. The Morgan fingerprint density at radius 1 is 1.23 bits per heavy atom. The number of aromatic nitrogens is 2. The van der Waals surface area contributed by atoms with Gasteiger partial charge in [0.15, 0.2) is 5.69 Å². The first-order chi connectivity index (χ1) is 15.1. The molecule has 0 fully saturated rings. The molecule has 0 radical (unpaired) electrons. The number of ether oxygens (including phenoxy) is 2. The number of aryl methyl sites for hydroxylation is 1. The monoisotopic (exact) mass is 418 g/mol. The van der Waals surface area contributed by atoms with Gasteiger partial charge in [0.05, 0.1) is 17.7 Å². The molecule has 2 aliphatic heterocycles. The van der Waals surface area contributed by atoms with E-state index in [1.807, 2.05) is 0 Å². The van der Waals surface area contributed by atoms with Crippen molar-refractivity contribution in [2.75, 3.05) is 6.61 Å². The number of benzene rings is 2. The normalized spacial score (nSPS) is 19.2. The quantitative estimate of drug-likeness (QED) is 0.706. The molecule has 0 spiro atoms. The summed E-state index contributed by atoms with van der Waals surface area (Å²) in [5.74, 6) is 0.649. The van der Waals surface area contributed by atoms with Crippen LogP contribution in [0.4, 0.5) is 4.39 Å². The summed E-state index contributed by atoms with van der Waals surface area (Å²) in [5.41, 5.74) is 2.61. The second-order valence-electron chi connectivity index (χ2n) is 7.66. The highest BCUT2D eigenvalue weighted by atomic mass is 19.1. The molecule has 156 valence electrons. The molecule has 31 heavy (non-hydrogen) atoms. The highest BCUT2D eigenvalue weighted by Gasteiger charge is 2.27.